The Hall–Kier alpha value is -2.89. The third kappa shape index (κ3) is 3.53. The van der Waals surface area contributed by atoms with Gasteiger partial charge in [-0.05, 0) is 23.3 Å². The molecule has 0 amide bonds. The van der Waals surface area contributed by atoms with Crippen molar-refractivity contribution in [3.05, 3.63) is 95.9 Å². The van der Waals surface area contributed by atoms with Crippen molar-refractivity contribution in [3.8, 4) is 0 Å². The van der Waals surface area contributed by atoms with Gasteiger partial charge in [-0.2, -0.15) is 0 Å². The third-order valence-electron chi connectivity index (χ3n) is 3.59. The van der Waals surface area contributed by atoms with Gasteiger partial charge in [0, 0.05) is 0 Å². The molecule has 0 unspecified atom stereocenters. The largest absolute Gasteiger partial charge is 0.466 e. The first-order chi connectivity index (χ1) is 11.8. The molecule has 3 aromatic rings. The second-order valence-corrected chi connectivity index (χ2v) is 5.17. The molecule has 0 aliphatic carbocycles. The normalized spacial score (nSPS) is 12.1. The molecule has 1 atom stereocenters. The highest BCUT2D eigenvalue weighted by Crippen LogP contribution is 2.29. The monoisotopic (exact) mass is 323 g/mol. The van der Waals surface area contributed by atoms with Crippen LogP contribution in [0.3, 0.4) is 0 Å². The molecule has 0 saturated heterocycles. The van der Waals surface area contributed by atoms with Crippen LogP contribution in [0, 0.1) is 0 Å². The maximum atomic E-state index is 12.5. The Morgan fingerprint density at radius 2 is 1.46 bits per heavy atom. The number of ether oxygens (including phenoxy) is 1. The van der Waals surface area contributed by atoms with E-state index in [-0.39, 0.29) is 0 Å². The van der Waals surface area contributed by atoms with E-state index in [4.69, 9.17) is 19.9 Å². The molecule has 5 heteroatoms. The number of nitrogens with two attached hydrogens (primary N) is 1. The average Bonchev–Trinajstić information content (AvgIpc) is 3.16. The number of rotatable bonds is 6. The first kappa shape index (κ1) is 16.0. The zero-order chi connectivity index (χ0) is 16.8. The molecule has 0 radical (unpaired) electrons. The molecule has 0 aliphatic heterocycles. The van der Waals surface area contributed by atoms with Gasteiger partial charge in [-0.3, -0.25) is 4.84 Å². The Morgan fingerprint density at radius 3 is 1.92 bits per heavy atom. The maximum absolute atomic E-state index is 12.5. The van der Waals surface area contributed by atoms with Gasteiger partial charge in [-0.25, -0.2) is 10.7 Å². The van der Waals surface area contributed by atoms with Crippen molar-refractivity contribution in [2.45, 2.75) is 12.2 Å². The summed E-state index contributed by atoms with van der Waals surface area (Å²) in [6.45, 7) is 0. The minimum Gasteiger partial charge on any atom is -0.466 e. The molecule has 3 rings (SSSR count). The molecule has 0 fully saturated rings. The van der Waals surface area contributed by atoms with Crippen molar-refractivity contribution in [1.29, 1.82) is 0 Å². The van der Waals surface area contributed by atoms with Crippen molar-refractivity contribution in [2.75, 3.05) is 0 Å². The SMILES string of the molecule is NO[C@H](C(=O)OC(c1ccccc1)c1ccccc1)c1ccco1. The minimum atomic E-state index is -1.12. The van der Waals surface area contributed by atoms with E-state index in [1.165, 1.54) is 6.26 Å². The zero-order valence-electron chi connectivity index (χ0n) is 12.9. The minimum absolute atomic E-state index is 0.294. The highest BCUT2D eigenvalue weighted by atomic mass is 16.7. The molecule has 122 valence electrons. The fourth-order valence-electron chi connectivity index (χ4n) is 2.44. The highest BCUT2D eigenvalue weighted by Gasteiger charge is 2.29. The van der Waals surface area contributed by atoms with Gasteiger partial charge in [0.25, 0.3) is 0 Å². The standard InChI is InChI=1S/C19H17NO4/c20-24-18(16-12-7-13-22-16)19(21)23-17(14-8-3-1-4-9-14)15-10-5-2-6-11-15/h1-13,17-18H,20H2/t18-/m0/s1. The Morgan fingerprint density at radius 1 is 0.875 bits per heavy atom. The molecular formula is C19H17NO4. The van der Waals surface area contributed by atoms with Crippen LogP contribution in [0.25, 0.3) is 0 Å². The molecular weight excluding hydrogens is 306 g/mol. The van der Waals surface area contributed by atoms with E-state index in [2.05, 4.69) is 0 Å². The summed E-state index contributed by atoms with van der Waals surface area (Å²) >= 11 is 0. The van der Waals surface area contributed by atoms with Crippen LogP contribution in [-0.4, -0.2) is 5.97 Å². The molecule has 1 heterocycles. The molecule has 2 aromatic carbocycles. The van der Waals surface area contributed by atoms with Crippen LogP contribution in [0.15, 0.2) is 83.5 Å². The summed E-state index contributed by atoms with van der Waals surface area (Å²) in [5, 5.41) is 0. The molecule has 0 saturated carbocycles. The lowest BCUT2D eigenvalue weighted by molar-refractivity contribution is -0.163. The predicted molar refractivity (Wildman–Crippen MR) is 87.5 cm³/mol. The molecule has 0 aliphatic rings. The van der Waals surface area contributed by atoms with Crippen molar-refractivity contribution >= 4 is 5.97 Å². The van der Waals surface area contributed by atoms with Crippen molar-refractivity contribution in [2.24, 2.45) is 5.90 Å². The second kappa shape index (κ2) is 7.59. The summed E-state index contributed by atoms with van der Waals surface area (Å²) in [4.78, 5) is 17.3. The number of hydrogen-bond donors (Lipinski definition) is 1. The van der Waals surface area contributed by atoms with E-state index in [1.54, 1.807) is 12.1 Å². The van der Waals surface area contributed by atoms with Crippen molar-refractivity contribution in [1.82, 2.24) is 0 Å². The Labute approximate surface area is 139 Å². The highest BCUT2D eigenvalue weighted by molar-refractivity contribution is 5.76. The predicted octanol–water partition coefficient (Wildman–Crippen LogP) is 3.54. The lowest BCUT2D eigenvalue weighted by Crippen LogP contribution is -2.23. The van der Waals surface area contributed by atoms with E-state index in [9.17, 15) is 4.79 Å². The number of carbonyl (C=O) groups excluding carboxylic acids is 1. The van der Waals surface area contributed by atoms with Crippen LogP contribution in [0.4, 0.5) is 0 Å². The summed E-state index contributed by atoms with van der Waals surface area (Å²) in [7, 11) is 0. The van der Waals surface area contributed by atoms with Crippen LogP contribution in [0.2, 0.25) is 0 Å². The summed E-state index contributed by atoms with van der Waals surface area (Å²) in [5.74, 6) is 4.93. The quantitative estimate of drug-likeness (QED) is 0.555. The summed E-state index contributed by atoms with van der Waals surface area (Å²) in [6, 6.07) is 22.2. The van der Waals surface area contributed by atoms with Gasteiger partial charge in [0.05, 0.1) is 6.26 Å². The number of esters is 1. The molecule has 0 bridgehead atoms. The van der Waals surface area contributed by atoms with Gasteiger partial charge in [-0.1, -0.05) is 60.7 Å². The number of benzene rings is 2. The molecule has 5 nitrogen and oxygen atoms in total. The van der Waals surface area contributed by atoms with Crippen LogP contribution in [-0.2, 0) is 14.4 Å². The van der Waals surface area contributed by atoms with Crippen LogP contribution >= 0.6 is 0 Å². The van der Waals surface area contributed by atoms with E-state index in [0.717, 1.165) is 11.1 Å². The number of hydrogen-bond acceptors (Lipinski definition) is 5. The first-order valence-corrected chi connectivity index (χ1v) is 7.49. The van der Waals surface area contributed by atoms with E-state index < -0.39 is 18.2 Å². The Kier molecular flexibility index (Phi) is 5.05. The number of carbonyl (C=O) groups is 1. The Balaban J connectivity index is 1.88. The lowest BCUT2D eigenvalue weighted by atomic mass is 10.0. The van der Waals surface area contributed by atoms with Gasteiger partial charge in [-0.15, -0.1) is 0 Å². The first-order valence-electron chi connectivity index (χ1n) is 7.49. The maximum Gasteiger partial charge on any atom is 0.346 e. The van der Waals surface area contributed by atoms with Gasteiger partial charge in [0.15, 0.2) is 6.10 Å². The van der Waals surface area contributed by atoms with Crippen molar-refractivity contribution in [3.63, 3.8) is 0 Å². The topological polar surface area (TPSA) is 74.7 Å². The fraction of sp³-hybridized carbons (Fsp3) is 0.105. The molecule has 2 N–H and O–H groups in total. The fourth-order valence-corrected chi connectivity index (χ4v) is 2.44. The van der Waals surface area contributed by atoms with Crippen LogP contribution in [0.5, 0.6) is 0 Å². The summed E-state index contributed by atoms with van der Waals surface area (Å²) < 4.78 is 10.9. The lowest BCUT2D eigenvalue weighted by Gasteiger charge is -2.21. The molecule has 0 spiro atoms. The van der Waals surface area contributed by atoms with Gasteiger partial charge >= 0.3 is 5.97 Å². The average molecular weight is 323 g/mol. The summed E-state index contributed by atoms with van der Waals surface area (Å²) in [5.41, 5.74) is 1.71. The van der Waals surface area contributed by atoms with E-state index in [1.807, 2.05) is 60.7 Å². The van der Waals surface area contributed by atoms with Crippen LogP contribution < -0.4 is 5.90 Å². The van der Waals surface area contributed by atoms with Gasteiger partial charge < -0.3 is 9.15 Å². The van der Waals surface area contributed by atoms with Gasteiger partial charge in [0.1, 0.15) is 5.76 Å². The zero-order valence-corrected chi connectivity index (χ0v) is 12.9. The van der Waals surface area contributed by atoms with E-state index >= 15 is 0 Å². The number of furan rings is 1. The molecule has 24 heavy (non-hydrogen) atoms. The van der Waals surface area contributed by atoms with E-state index in [0.29, 0.717) is 5.76 Å². The third-order valence-corrected chi connectivity index (χ3v) is 3.59. The van der Waals surface area contributed by atoms with Crippen LogP contribution in [0.1, 0.15) is 29.1 Å². The molecule has 1 aromatic heterocycles. The van der Waals surface area contributed by atoms with Crippen molar-refractivity contribution < 1.29 is 18.8 Å². The van der Waals surface area contributed by atoms with Gasteiger partial charge in [0.2, 0.25) is 6.10 Å². The smallest absolute Gasteiger partial charge is 0.346 e. The Bertz CT molecular complexity index is 717. The summed E-state index contributed by atoms with van der Waals surface area (Å²) in [6.07, 6.45) is -0.233. The second-order valence-electron chi connectivity index (χ2n) is 5.17.